The third-order valence-electron chi connectivity index (χ3n) is 4.12. The molecular weight excluding hydrogens is 400 g/mol. The molecule has 0 atom stereocenters. The lowest BCUT2D eigenvalue weighted by molar-refractivity contribution is -0.131. The first-order chi connectivity index (χ1) is 14.4. The third kappa shape index (κ3) is 4.75. The molecule has 156 valence electrons. The molecule has 0 radical (unpaired) electrons. The SMILES string of the molecule is COc1cc2ncnc(Nc3ccc(F)c(F)c3)c2cc1NC(=O)CCC(=O)NO. The van der Waals surface area contributed by atoms with Crippen LogP contribution in [0.1, 0.15) is 12.8 Å². The van der Waals surface area contributed by atoms with Gasteiger partial charge in [-0.2, -0.15) is 0 Å². The van der Waals surface area contributed by atoms with Gasteiger partial charge in [0.1, 0.15) is 17.9 Å². The van der Waals surface area contributed by atoms with E-state index in [1.54, 1.807) is 12.1 Å². The van der Waals surface area contributed by atoms with Crippen LogP contribution in [0.2, 0.25) is 0 Å². The van der Waals surface area contributed by atoms with Crippen LogP contribution in [0.15, 0.2) is 36.7 Å². The molecule has 0 aliphatic heterocycles. The molecule has 0 aliphatic carbocycles. The number of aromatic nitrogens is 2. The second-order valence-electron chi connectivity index (χ2n) is 6.13. The summed E-state index contributed by atoms with van der Waals surface area (Å²) in [5, 5.41) is 14.5. The highest BCUT2D eigenvalue weighted by molar-refractivity contribution is 6.00. The van der Waals surface area contributed by atoms with Crippen LogP contribution < -0.4 is 20.9 Å². The number of rotatable bonds is 7. The first kappa shape index (κ1) is 20.9. The molecule has 4 N–H and O–H groups in total. The Balaban J connectivity index is 1.92. The largest absolute Gasteiger partial charge is 0.494 e. The Bertz CT molecular complexity index is 1110. The van der Waals surface area contributed by atoms with Crippen molar-refractivity contribution in [3.63, 3.8) is 0 Å². The zero-order valence-corrected chi connectivity index (χ0v) is 15.7. The number of hydrogen-bond acceptors (Lipinski definition) is 7. The number of ether oxygens (including phenoxy) is 1. The van der Waals surface area contributed by atoms with Gasteiger partial charge in [-0.1, -0.05) is 0 Å². The van der Waals surface area contributed by atoms with Crippen LogP contribution in [0.5, 0.6) is 5.75 Å². The van der Waals surface area contributed by atoms with Crippen LogP contribution in [-0.2, 0) is 9.59 Å². The topological polar surface area (TPSA) is 125 Å². The van der Waals surface area contributed by atoms with Crippen molar-refractivity contribution < 1.29 is 28.3 Å². The van der Waals surface area contributed by atoms with Gasteiger partial charge in [0.25, 0.3) is 0 Å². The standard InChI is InChI=1S/C19H17F2N5O4/c1-30-16-8-14-11(7-15(16)25-17(27)4-5-18(28)26-29)19(23-9-22-14)24-10-2-3-12(20)13(21)6-10/h2-3,6-9,29H,4-5H2,1H3,(H,25,27)(H,26,28)(H,22,23,24). The zero-order valence-electron chi connectivity index (χ0n) is 15.7. The molecule has 1 aromatic heterocycles. The number of carbonyl (C=O) groups excluding carboxylic acids is 2. The first-order valence-electron chi connectivity index (χ1n) is 8.69. The minimum atomic E-state index is -1.01. The van der Waals surface area contributed by atoms with E-state index in [0.29, 0.717) is 28.2 Å². The molecule has 0 unspecified atom stereocenters. The Morgan fingerprint density at radius 3 is 2.53 bits per heavy atom. The van der Waals surface area contributed by atoms with Gasteiger partial charge in [0.05, 0.1) is 18.3 Å². The van der Waals surface area contributed by atoms with Gasteiger partial charge < -0.3 is 15.4 Å². The zero-order chi connectivity index (χ0) is 21.7. The van der Waals surface area contributed by atoms with E-state index < -0.39 is 23.4 Å². The van der Waals surface area contributed by atoms with E-state index in [1.165, 1.54) is 25.0 Å². The van der Waals surface area contributed by atoms with Crippen LogP contribution >= 0.6 is 0 Å². The molecule has 9 nitrogen and oxygen atoms in total. The summed E-state index contributed by atoms with van der Waals surface area (Å²) in [6.07, 6.45) is 0.916. The first-order valence-corrected chi connectivity index (χ1v) is 8.69. The number of nitrogens with one attached hydrogen (secondary N) is 3. The molecule has 0 saturated carbocycles. The average Bonchev–Trinajstić information content (AvgIpc) is 2.74. The average molecular weight is 417 g/mol. The van der Waals surface area contributed by atoms with Gasteiger partial charge in [-0.15, -0.1) is 0 Å². The number of benzene rings is 2. The number of halogens is 2. The number of anilines is 3. The Labute approximate surface area is 169 Å². The van der Waals surface area contributed by atoms with Gasteiger partial charge in [-0.25, -0.2) is 24.2 Å². The molecule has 3 rings (SSSR count). The van der Waals surface area contributed by atoms with E-state index in [4.69, 9.17) is 9.94 Å². The van der Waals surface area contributed by atoms with Gasteiger partial charge in [-0.05, 0) is 18.2 Å². The van der Waals surface area contributed by atoms with Crippen LogP contribution in [0, 0.1) is 11.6 Å². The highest BCUT2D eigenvalue weighted by atomic mass is 19.2. The van der Waals surface area contributed by atoms with Gasteiger partial charge in [0.15, 0.2) is 11.6 Å². The van der Waals surface area contributed by atoms with Crippen molar-refractivity contribution >= 4 is 39.9 Å². The van der Waals surface area contributed by atoms with Crippen LogP contribution in [0.3, 0.4) is 0 Å². The van der Waals surface area contributed by atoms with Crippen molar-refractivity contribution in [2.24, 2.45) is 0 Å². The van der Waals surface area contributed by atoms with Crippen molar-refractivity contribution in [3.8, 4) is 5.75 Å². The lowest BCUT2D eigenvalue weighted by Gasteiger charge is -2.14. The minimum Gasteiger partial charge on any atom is -0.494 e. The predicted octanol–water partition coefficient (Wildman–Crippen LogP) is 2.88. The second-order valence-corrected chi connectivity index (χ2v) is 6.13. The molecular formula is C19H17F2N5O4. The highest BCUT2D eigenvalue weighted by Gasteiger charge is 2.14. The maximum Gasteiger partial charge on any atom is 0.243 e. The van der Waals surface area contributed by atoms with Crippen molar-refractivity contribution in [1.82, 2.24) is 15.4 Å². The minimum absolute atomic E-state index is 0.168. The Hall–Kier alpha value is -3.86. The van der Waals surface area contributed by atoms with Gasteiger partial charge in [0.2, 0.25) is 11.8 Å². The summed E-state index contributed by atoms with van der Waals surface area (Å²) in [5.74, 6) is -2.55. The summed E-state index contributed by atoms with van der Waals surface area (Å²) >= 11 is 0. The van der Waals surface area contributed by atoms with E-state index in [1.807, 2.05) is 0 Å². The molecule has 2 aromatic carbocycles. The number of carbonyl (C=O) groups is 2. The number of hydrogen-bond donors (Lipinski definition) is 4. The Morgan fingerprint density at radius 1 is 1.07 bits per heavy atom. The number of methoxy groups -OCH3 is 1. The molecule has 11 heteroatoms. The molecule has 2 amide bonds. The second kappa shape index (κ2) is 9.09. The normalized spacial score (nSPS) is 10.5. The molecule has 30 heavy (non-hydrogen) atoms. The summed E-state index contributed by atoms with van der Waals surface area (Å²) in [7, 11) is 1.41. The highest BCUT2D eigenvalue weighted by Crippen LogP contribution is 2.33. The van der Waals surface area contributed by atoms with Gasteiger partial charge >= 0.3 is 0 Å². The summed E-state index contributed by atoms with van der Waals surface area (Å²) in [6.45, 7) is 0. The van der Waals surface area contributed by atoms with Crippen LogP contribution in [0.25, 0.3) is 10.9 Å². The quantitative estimate of drug-likeness (QED) is 0.344. The van der Waals surface area contributed by atoms with Crippen LogP contribution in [0.4, 0.5) is 26.0 Å². The lowest BCUT2D eigenvalue weighted by atomic mass is 10.1. The fourth-order valence-electron chi connectivity index (χ4n) is 2.66. The summed E-state index contributed by atoms with van der Waals surface area (Å²) in [4.78, 5) is 31.5. The van der Waals surface area contributed by atoms with Crippen LogP contribution in [-0.4, -0.2) is 34.1 Å². The summed E-state index contributed by atoms with van der Waals surface area (Å²) < 4.78 is 31.9. The number of fused-ring (bicyclic) bond motifs is 1. The maximum atomic E-state index is 13.5. The summed E-state index contributed by atoms with van der Waals surface area (Å²) in [5.41, 5.74) is 2.49. The maximum absolute atomic E-state index is 13.5. The van der Waals surface area contributed by atoms with Gasteiger partial charge in [-0.3, -0.25) is 14.8 Å². The fourth-order valence-corrected chi connectivity index (χ4v) is 2.66. The number of nitrogens with zero attached hydrogens (tertiary/aromatic N) is 2. The Kier molecular flexibility index (Phi) is 6.32. The third-order valence-corrected chi connectivity index (χ3v) is 4.12. The molecule has 0 bridgehead atoms. The van der Waals surface area contributed by atoms with E-state index in [9.17, 15) is 18.4 Å². The molecule has 1 heterocycles. The monoisotopic (exact) mass is 417 g/mol. The van der Waals surface area contributed by atoms with Crippen molar-refractivity contribution in [3.05, 3.63) is 48.3 Å². The predicted molar refractivity (Wildman–Crippen MR) is 104 cm³/mol. The Morgan fingerprint density at radius 2 is 1.83 bits per heavy atom. The van der Waals surface area contributed by atoms with E-state index in [0.717, 1.165) is 12.1 Å². The smallest absolute Gasteiger partial charge is 0.243 e. The summed E-state index contributed by atoms with van der Waals surface area (Å²) in [6, 6.07) is 6.45. The fraction of sp³-hybridized carbons (Fsp3) is 0.158. The molecule has 0 fully saturated rings. The molecule has 0 saturated heterocycles. The van der Waals surface area contributed by atoms with Crippen molar-refractivity contribution in [2.75, 3.05) is 17.7 Å². The van der Waals surface area contributed by atoms with Crippen molar-refractivity contribution in [1.29, 1.82) is 0 Å². The van der Waals surface area contributed by atoms with E-state index >= 15 is 0 Å². The lowest BCUT2D eigenvalue weighted by Crippen LogP contribution is -2.21. The van der Waals surface area contributed by atoms with E-state index in [2.05, 4.69) is 20.6 Å². The molecule has 0 aliphatic rings. The number of amides is 2. The van der Waals surface area contributed by atoms with E-state index in [-0.39, 0.29) is 18.5 Å². The number of hydroxylamine groups is 1. The van der Waals surface area contributed by atoms with Gasteiger partial charge in [0, 0.05) is 36.0 Å². The van der Waals surface area contributed by atoms with Crippen molar-refractivity contribution in [2.45, 2.75) is 12.8 Å². The molecule has 0 spiro atoms. The molecule has 3 aromatic rings.